The van der Waals surface area contributed by atoms with Crippen LogP contribution in [0.2, 0.25) is 0 Å². The van der Waals surface area contributed by atoms with Crippen molar-refractivity contribution in [3.05, 3.63) is 4.88 Å². The summed E-state index contributed by atoms with van der Waals surface area (Å²) in [5.74, 6) is 0.124. The van der Waals surface area contributed by atoms with E-state index in [0.29, 0.717) is 23.0 Å². The van der Waals surface area contributed by atoms with Crippen LogP contribution >= 0.6 is 11.3 Å². The number of hydrogen-bond acceptors (Lipinski definition) is 7. The first-order valence-corrected chi connectivity index (χ1v) is 9.56. The Kier molecular flexibility index (Phi) is 5.04. The van der Waals surface area contributed by atoms with Crippen molar-refractivity contribution in [2.24, 2.45) is 0 Å². The second-order valence-electron chi connectivity index (χ2n) is 4.96. The molecule has 1 aromatic rings. The fourth-order valence-electron chi connectivity index (χ4n) is 2.08. The molecule has 0 aliphatic carbocycles. The van der Waals surface area contributed by atoms with E-state index >= 15 is 0 Å². The van der Waals surface area contributed by atoms with Crippen molar-refractivity contribution in [3.8, 4) is 0 Å². The molecule has 0 radical (unpaired) electrons. The molecule has 118 valence electrons. The predicted molar refractivity (Wildman–Crippen MR) is 84.5 cm³/mol. The van der Waals surface area contributed by atoms with Crippen LogP contribution in [0.1, 0.15) is 29.4 Å². The van der Waals surface area contributed by atoms with Gasteiger partial charge in [0.15, 0.2) is 15.0 Å². The van der Waals surface area contributed by atoms with Crippen molar-refractivity contribution in [2.75, 3.05) is 42.2 Å². The lowest BCUT2D eigenvalue weighted by molar-refractivity contribution is 0.0774. The third kappa shape index (κ3) is 4.07. The molecule has 9 heteroatoms. The summed E-state index contributed by atoms with van der Waals surface area (Å²) in [5, 5.41) is 3.72. The van der Waals surface area contributed by atoms with Crippen molar-refractivity contribution in [1.29, 1.82) is 0 Å². The molecule has 1 aromatic heterocycles. The average molecular weight is 332 g/mol. The Hall–Kier alpha value is -1.35. The average Bonchev–Trinajstić information content (AvgIpc) is 2.70. The van der Waals surface area contributed by atoms with E-state index in [1.807, 2.05) is 6.92 Å². The number of thiazole rings is 1. The maximum Gasteiger partial charge on any atom is 0.267 e. The summed E-state index contributed by atoms with van der Waals surface area (Å²) in [7, 11) is -3.03. The fraction of sp³-hybridized carbons (Fsp3) is 0.667. The van der Waals surface area contributed by atoms with E-state index in [4.69, 9.17) is 5.73 Å². The van der Waals surface area contributed by atoms with Gasteiger partial charge in [-0.15, -0.1) is 0 Å². The monoisotopic (exact) mass is 332 g/mol. The van der Waals surface area contributed by atoms with Crippen LogP contribution in [0.5, 0.6) is 0 Å². The first kappa shape index (κ1) is 16.0. The minimum Gasteiger partial charge on any atom is -0.382 e. The predicted octanol–water partition coefficient (Wildman–Crippen LogP) is 0.808. The van der Waals surface area contributed by atoms with Crippen LogP contribution in [0.3, 0.4) is 0 Å². The number of hydrogen-bond donors (Lipinski definition) is 2. The third-order valence-corrected chi connectivity index (χ3v) is 5.95. The number of amides is 1. The highest BCUT2D eigenvalue weighted by atomic mass is 32.2. The van der Waals surface area contributed by atoms with Gasteiger partial charge in [0, 0.05) is 19.6 Å². The van der Waals surface area contributed by atoms with Crippen LogP contribution in [0, 0.1) is 0 Å². The Balaban J connectivity index is 2.10. The summed E-state index contributed by atoms with van der Waals surface area (Å²) in [6.07, 6.45) is 1.42. The molecule has 0 atom stereocenters. The third-order valence-electron chi connectivity index (χ3n) is 3.22. The van der Waals surface area contributed by atoms with Crippen LogP contribution in [0.25, 0.3) is 0 Å². The van der Waals surface area contributed by atoms with Crippen LogP contribution < -0.4 is 11.1 Å². The standard InChI is InChI=1S/C12H20N4O3S2/c1-2-4-14-12-15-10(13)9(20-12)11(17)16-5-3-7-21(18,19)8-6-16/h2-8,13H2,1H3,(H,14,15). The van der Waals surface area contributed by atoms with Crippen LogP contribution in [0.15, 0.2) is 0 Å². The molecule has 0 spiro atoms. The van der Waals surface area contributed by atoms with E-state index in [-0.39, 0.29) is 29.8 Å². The highest BCUT2D eigenvalue weighted by Crippen LogP contribution is 2.26. The fourth-order valence-corrected chi connectivity index (χ4v) is 4.23. The van der Waals surface area contributed by atoms with Gasteiger partial charge in [0.2, 0.25) is 0 Å². The van der Waals surface area contributed by atoms with Gasteiger partial charge in [-0.2, -0.15) is 0 Å². The van der Waals surface area contributed by atoms with E-state index in [9.17, 15) is 13.2 Å². The highest BCUT2D eigenvalue weighted by molar-refractivity contribution is 7.91. The quantitative estimate of drug-likeness (QED) is 0.845. The van der Waals surface area contributed by atoms with Gasteiger partial charge in [0.1, 0.15) is 10.7 Å². The Morgan fingerprint density at radius 3 is 2.90 bits per heavy atom. The Morgan fingerprint density at radius 1 is 1.43 bits per heavy atom. The number of aromatic nitrogens is 1. The van der Waals surface area contributed by atoms with Gasteiger partial charge in [0.05, 0.1) is 11.5 Å². The van der Waals surface area contributed by atoms with Crippen molar-refractivity contribution in [1.82, 2.24) is 9.88 Å². The molecule has 3 N–H and O–H groups in total. The summed E-state index contributed by atoms with van der Waals surface area (Å²) in [6.45, 7) is 3.46. The molecule has 0 unspecified atom stereocenters. The number of rotatable bonds is 4. The zero-order chi connectivity index (χ0) is 15.5. The molecular formula is C12H20N4O3S2. The number of carbonyl (C=O) groups is 1. The summed E-state index contributed by atoms with van der Waals surface area (Å²) in [6, 6.07) is 0. The van der Waals surface area contributed by atoms with E-state index in [1.54, 1.807) is 4.90 Å². The molecule has 1 fully saturated rings. The van der Waals surface area contributed by atoms with Gasteiger partial charge >= 0.3 is 0 Å². The molecule has 0 aromatic carbocycles. The number of anilines is 2. The number of nitrogens with two attached hydrogens (primary N) is 1. The summed E-state index contributed by atoms with van der Waals surface area (Å²) in [4.78, 5) is 18.5. The summed E-state index contributed by atoms with van der Waals surface area (Å²) in [5.41, 5.74) is 5.81. The molecule has 1 amide bonds. The first-order chi connectivity index (χ1) is 9.93. The Bertz CT molecular complexity index is 612. The molecule has 2 rings (SSSR count). The highest BCUT2D eigenvalue weighted by Gasteiger charge is 2.26. The van der Waals surface area contributed by atoms with Crippen molar-refractivity contribution >= 4 is 38.0 Å². The van der Waals surface area contributed by atoms with Crippen LogP contribution in [-0.4, -0.2) is 55.3 Å². The van der Waals surface area contributed by atoms with Gasteiger partial charge in [-0.25, -0.2) is 13.4 Å². The molecule has 0 saturated carbocycles. The Labute approximate surface area is 128 Å². The smallest absolute Gasteiger partial charge is 0.267 e. The molecule has 1 saturated heterocycles. The molecule has 21 heavy (non-hydrogen) atoms. The lowest BCUT2D eigenvalue weighted by Gasteiger charge is -2.18. The largest absolute Gasteiger partial charge is 0.382 e. The molecule has 1 aliphatic rings. The van der Waals surface area contributed by atoms with E-state index < -0.39 is 9.84 Å². The molecule has 2 heterocycles. The van der Waals surface area contributed by atoms with Crippen molar-refractivity contribution in [2.45, 2.75) is 19.8 Å². The van der Waals surface area contributed by atoms with Crippen LogP contribution in [-0.2, 0) is 9.84 Å². The normalized spacial score (nSPS) is 18.2. The number of nitrogen functional groups attached to an aromatic ring is 1. The summed E-state index contributed by atoms with van der Waals surface area (Å²) < 4.78 is 23.2. The molecule has 0 bridgehead atoms. The number of carbonyl (C=O) groups excluding carboxylic acids is 1. The molecular weight excluding hydrogens is 312 g/mol. The minimum absolute atomic E-state index is 0.0123. The van der Waals surface area contributed by atoms with Gasteiger partial charge in [-0.3, -0.25) is 4.79 Å². The zero-order valence-electron chi connectivity index (χ0n) is 12.0. The number of nitrogens with one attached hydrogen (secondary N) is 1. The summed E-state index contributed by atoms with van der Waals surface area (Å²) >= 11 is 1.22. The lowest BCUT2D eigenvalue weighted by atomic mass is 10.3. The van der Waals surface area contributed by atoms with Crippen molar-refractivity contribution in [3.63, 3.8) is 0 Å². The van der Waals surface area contributed by atoms with E-state index in [1.165, 1.54) is 11.3 Å². The SMILES string of the molecule is CCCNc1nc(N)c(C(=O)N2CCCS(=O)(=O)CC2)s1. The maximum absolute atomic E-state index is 12.5. The minimum atomic E-state index is -3.03. The van der Waals surface area contributed by atoms with Crippen molar-refractivity contribution < 1.29 is 13.2 Å². The first-order valence-electron chi connectivity index (χ1n) is 6.93. The van der Waals surface area contributed by atoms with Gasteiger partial charge < -0.3 is 16.0 Å². The second kappa shape index (κ2) is 6.61. The zero-order valence-corrected chi connectivity index (χ0v) is 13.6. The van der Waals surface area contributed by atoms with E-state index in [0.717, 1.165) is 13.0 Å². The maximum atomic E-state index is 12.5. The molecule has 7 nitrogen and oxygen atoms in total. The van der Waals surface area contributed by atoms with Gasteiger partial charge in [-0.1, -0.05) is 18.3 Å². The number of sulfone groups is 1. The van der Waals surface area contributed by atoms with Crippen LogP contribution in [0.4, 0.5) is 10.9 Å². The van der Waals surface area contributed by atoms with E-state index in [2.05, 4.69) is 10.3 Å². The lowest BCUT2D eigenvalue weighted by Crippen LogP contribution is -2.33. The number of nitrogens with zero attached hydrogens (tertiary/aromatic N) is 2. The Morgan fingerprint density at radius 2 is 2.19 bits per heavy atom. The second-order valence-corrected chi connectivity index (χ2v) is 8.26. The topological polar surface area (TPSA) is 105 Å². The molecule has 1 aliphatic heterocycles. The van der Waals surface area contributed by atoms with Gasteiger partial charge in [-0.05, 0) is 12.8 Å². The van der Waals surface area contributed by atoms with Gasteiger partial charge in [0.25, 0.3) is 5.91 Å².